The molecule has 0 saturated heterocycles. The third-order valence-corrected chi connectivity index (χ3v) is 4.67. The Morgan fingerprint density at radius 2 is 2.00 bits per heavy atom. The van der Waals surface area contributed by atoms with Crippen LogP contribution < -0.4 is 5.32 Å². The molecule has 2 aromatic carbocycles. The molecule has 1 amide bonds. The highest BCUT2D eigenvalue weighted by atomic mass is 35.5. The van der Waals surface area contributed by atoms with Gasteiger partial charge in [0, 0.05) is 17.9 Å². The fourth-order valence-corrected chi connectivity index (χ4v) is 2.84. The molecule has 0 heterocycles. The van der Waals surface area contributed by atoms with Crippen molar-refractivity contribution in [1.82, 2.24) is 0 Å². The lowest BCUT2D eigenvalue weighted by atomic mass is 10.2. The molecule has 0 aliphatic carbocycles. The minimum absolute atomic E-state index is 0.116. The lowest BCUT2D eigenvalue weighted by molar-refractivity contribution is -0.384. The van der Waals surface area contributed by atoms with Gasteiger partial charge in [0.25, 0.3) is 5.69 Å². The van der Waals surface area contributed by atoms with Gasteiger partial charge in [-0.15, -0.1) is 11.8 Å². The number of carbonyl (C=O) groups excluding carboxylic acids is 1. The van der Waals surface area contributed by atoms with Crippen LogP contribution in [-0.4, -0.2) is 16.1 Å². The highest BCUT2D eigenvalue weighted by Gasteiger charge is 2.17. The predicted octanol–water partition coefficient (Wildman–Crippen LogP) is 4.51. The summed E-state index contributed by atoms with van der Waals surface area (Å²) in [6, 6.07) is 13.8. The van der Waals surface area contributed by atoms with Crippen molar-refractivity contribution in [3.63, 3.8) is 0 Å². The van der Waals surface area contributed by atoms with Crippen molar-refractivity contribution in [2.45, 2.75) is 17.9 Å². The van der Waals surface area contributed by atoms with E-state index < -0.39 is 4.92 Å². The van der Waals surface area contributed by atoms with Crippen LogP contribution in [0.1, 0.15) is 12.5 Å². The van der Waals surface area contributed by atoms with Gasteiger partial charge in [0.1, 0.15) is 0 Å². The summed E-state index contributed by atoms with van der Waals surface area (Å²) in [7, 11) is 0. The molecule has 2 rings (SSSR count). The van der Waals surface area contributed by atoms with Crippen molar-refractivity contribution in [1.29, 1.82) is 0 Å². The molecule has 0 aromatic heterocycles. The van der Waals surface area contributed by atoms with E-state index in [1.807, 2.05) is 30.3 Å². The Bertz CT molecular complexity index is 710. The van der Waals surface area contributed by atoms with Gasteiger partial charge in [-0.3, -0.25) is 14.9 Å². The number of amides is 1. The molecule has 0 aliphatic rings. The van der Waals surface area contributed by atoms with Crippen molar-refractivity contribution >= 4 is 40.6 Å². The average molecular weight is 351 g/mol. The molecule has 0 aliphatic heterocycles. The van der Waals surface area contributed by atoms with Gasteiger partial charge in [-0.05, 0) is 18.6 Å². The van der Waals surface area contributed by atoms with Crippen molar-refractivity contribution < 1.29 is 9.72 Å². The number of nitrogens with one attached hydrogen (secondary N) is 1. The third-order valence-electron chi connectivity index (χ3n) is 3.13. The summed E-state index contributed by atoms with van der Waals surface area (Å²) >= 11 is 7.46. The number of benzene rings is 2. The Morgan fingerprint density at radius 3 is 2.65 bits per heavy atom. The first-order chi connectivity index (χ1) is 11.0. The first-order valence-corrected chi connectivity index (χ1v) is 8.30. The molecular weight excluding hydrogens is 336 g/mol. The molecule has 0 fully saturated rings. The van der Waals surface area contributed by atoms with Crippen LogP contribution in [0.2, 0.25) is 5.02 Å². The van der Waals surface area contributed by atoms with Crippen LogP contribution in [0.25, 0.3) is 0 Å². The second kappa shape index (κ2) is 7.99. The largest absolute Gasteiger partial charge is 0.324 e. The van der Waals surface area contributed by atoms with Crippen LogP contribution in [0.5, 0.6) is 0 Å². The van der Waals surface area contributed by atoms with Crippen LogP contribution in [0.15, 0.2) is 48.5 Å². The molecule has 0 radical (unpaired) electrons. The summed E-state index contributed by atoms with van der Waals surface area (Å²) in [5.74, 6) is 0.464. The first kappa shape index (κ1) is 17.3. The van der Waals surface area contributed by atoms with E-state index >= 15 is 0 Å². The van der Waals surface area contributed by atoms with Gasteiger partial charge in [-0.25, -0.2) is 0 Å². The minimum atomic E-state index is -0.528. The number of carbonyl (C=O) groups is 1. The van der Waals surface area contributed by atoms with E-state index in [1.165, 1.54) is 30.0 Å². The number of thioether (sulfide) groups is 1. The maximum Gasteiger partial charge on any atom is 0.271 e. The third kappa shape index (κ3) is 4.97. The van der Waals surface area contributed by atoms with E-state index in [2.05, 4.69) is 5.32 Å². The number of nitro groups is 1. The van der Waals surface area contributed by atoms with Crippen LogP contribution in [0.3, 0.4) is 0 Å². The number of anilines is 1. The summed E-state index contributed by atoms with van der Waals surface area (Å²) in [6.45, 7) is 1.79. The zero-order valence-electron chi connectivity index (χ0n) is 12.4. The van der Waals surface area contributed by atoms with Crippen molar-refractivity contribution in [2.24, 2.45) is 0 Å². The molecule has 120 valence electrons. The molecule has 0 unspecified atom stereocenters. The van der Waals surface area contributed by atoms with Crippen molar-refractivity contribution in [2.75, 3.05) is 5.32 Å². The Kier molecular flexibility index (Phi) is 6.01. The molecule has 0 spiro atoms. The van der Waals surface area contributed by atoms with Crippen LogP contribution in [-0.2, 0) is 10.5 Å². The second-order valence-corrected chi connectivity index (χ2v) is 6.59. The number of nitro benzene ring substituents is 1. The highest BCUT2D eigenvalue weighted by Crippen LogP contribution is 2.28. The van der Waals surface area contributed by atoms with E-state index in [9.17, 15) is 14.9 Å². The molecule has 1 N–H and O–H groups in total. The van der Waals surface area contributed by atoms with E-state index in [4.69, 9.17) is 11.6 Å². The molecule has 0 saturated carbocycles. The number of halogens is 1. The van der Waals surface area contributed by atoms with Gasteiger partial charge >= 0.3 is 0 Å². The quantitative estimate of drug-likeness (QED) is 0.614. The van der Waals surface area contributed by atoms with Crippen molar-refractivity contribution in [3.05, 3.63) is 69.2 Å². The minimum Gasteiger partial charge on any atom is -0.324 e. The summed E-state index contributed by atoms with van der Waals surface area (Å²) in [6.07, 6.45) is 0. The zero-order chi connectivity index (χ0) is 16.8. The van der Waals surface area contributed by atoms with Crippen LogP contribution >= 0.6 is 23.4 Å². The number of non-ortho nitro benzene ring substituents is 1. The Morgan fingerprint density at radius 1 is 1.30 bits per heavy atom. The summed E-state index contributed by atoms with van der Waals surface area (Å²) in [4.78, 5) is 22.5. The molecule has 23 heavy (non-hydrogen) atoms. The summed E-state index contributed by atoms with van der Waals surface area (Å²) < 4.78 is 0. The zero-order valence-corrected chi connectivity index (χ0v) is 13.9. The van der Waals surface area contributed by atoms with Gasteiger partial charge < -0.3 is 5.32 Å². The number of hydrogen-bond acceptors (Lipinski definition) is 4. The smallest absolute Gasteiger partial charge is 0.271 e. The van der Waals surface area contributed by atoms with Gasteiger partial charge in [-0.2, -0.15) is 0 Å². The highest BCUT2D eigenvalue weighted by molar-refractivity contribution is 7.99. The topological polar surface area (TPSA) is 72.2 Å². The lowest BCUT2D eigenvalue weighted by Crippen LogP contribution is -2.22. The van der Waals surface area contributed by atoms with E-state index in [-0.39, 0.29) is 27.6 Å². The van der Waals surface area contributed by atoms with Gasteiger partial charge in [0.2, 0.25) is 5.91 Å². The Hall–Kier alpha value is -2.05. The molecule has 2 aromatic rings. The molecule has 5 nitrogen and oxygen atoms in total. The Balaban J connectivity index is 1.98. The normalized spacial score (nSPS) is 11.7. The number of hydrogen-bond donors (Lipinski definition) is 1. The van der Waals surface area contributed by atoms with E-state index in [0.29, 0.717) is 5.75 Å². The van der Waals surface area contributed by atoms with Gasteiger partial charge in [0.15, 0.2) is 0 Å². The molecule has 0 bridgehead atoms. The second-order valence-electron chi connectivity index (χ2n) is 4.85. The maximum absolute atomic E-state index is 12.2. The van der Waals surface area contributed by atoms with Crippen LogP contribution in [0, 0.1) is 10.1 Å². The fraction of sp³-hybridized carbons (Fsp3) is 0.188. The van der Waals surface area contributed by atoms with Crippen molar-refractivity contribution in [3.8, 4) is 0 Å². The summed E-state index contributed by atoms with van der Waals surface area (Å²) in [5, 5.41) is 13.4. The maximum atomic E-state index is 12.2. The average Bonchev–Trinajstić information content (AvgIpc) is 2.55. The SMILES string of the molecule is C[C@@H](SCc1ccccc1)C(=O)Nc1cc([N+](=O)[O-])ccc1Cl. The predicted molar refractivity (Wildman–Crippen MR) is 93.9 cm³/mol. The van der Waals surface area contributed by atoms with Gasteiger partial charge in [0.05, 0.1) is 20.9 Å². The lowest BCUT2D eigenvalue weighted by Gasteiger charge is -2.13. The number of rotatable bonds is 6. The molecule has 7 heteroatoms. The van der Waals surface area contributed by atoms with Gasteiger partial charge in [-0.1, -0.05) is 41.9 Å². The Labute approximate surface area is 143 Å². The molecular formula is C16H15ClN2O3S. The number of nitrogens with zero attached hydrogens (tertiary/aromatic N) is 1. The van der Waals surface area contributed by atoms with E-state index in [1.54, 1.807) is 6.92 Å². The summed E-state index contributed by atoms with van der Waals surface area (Å²) in [5.41, 5.74) is 1.26. The molecule has 1 atom stereocenters. The standard InChI is InChI=1S/C16H15ClN2O3S/c1-11(23-10-12-5-3-2-4-6-12)16(20)18-15-9-13(19(21)22)7-8-14(15)17/h2-9,11H,10H2,1H3,(H,18,20)/t11-/m1/s1. The van der Waals surface area contributed by atoms with E-state index in [0.717, 1.165) is 5.56 Å². The van der Waals surface area contributed by atoms with Crippen LogP contribution in [0.4, 0.5) is 11.4 Å². The fourth-order valence-electron chi connectivity index (χ4n) is 1.83. The monoisotopic (exact) mass is 350 g/mol. The first-order valence-electron chi connectivity index (χ1n) is 6.87.